The fraction of sp³-hybridized carbons (Fsp3) is 0.400. The SMILES string of the molecule is Cn1c(Nc2c(Cl)cccc2Cl)nc2ccc3nc(C4=CC(N5CCN(C(=O)OC(C)(C)C)CC5)CC4)[nH]c(=O)c3c21. The molecular weight excluding hydrogens is 577 g/mol. The quantitative estimate of drug-likeness (QED) is 0.294. The van der Waals surface area contributed by atoms with Crippen LogP contribution in [-0.4, -0.2) is 73.2 Å². The van der Waals surface area contributed by atoms with Gasteiger partial charge in [-0.25, -0.2) is 14.8 Å². The van der Waals surface area contributed by atoms with E-state index in [-0.39, 0.29) is 17.7 Å². The number of aromatic nitrogens is 4. The van der Waals surface area contributed by atoms with Crippen molar-refractivity contribution in [1.29, 1.82) is 0 Å². The van der Waals surface area contributed by atoms with Crippen molar-refractivity contribution in [2.75, 3.05) is 31.5 Å². The molecule has 2 aromatic heterocycles. The van der Waals surface area contributed by atoms with Gasteiger partial charge in [-0.05, 0) is 63.5 Å². The Hall–Kier alpha value is -3.60. The molecule has 1 atom stereocenters. The summed E-state index contributed by atoms with van der Waals surface area (Å²) in [7, 11) is 1.84. The molecular formula is C30H33Cl2N7O3. The summed E-state index contributed by atoms with van der Waals surface area (Å²) in [6.07, 6.45) is 3.68. The third kappa shape index (κ3) is 5.46. The predicted octanol–water partition coefficient (Wildman–Crippen LogP) is 5.96. The first-order chi connectivity index (χ1) is 20.0. The number of nitrogens with one attached hydrogen (secondary N) is 2. The number of imidazole rings is 1. The molecule has 4 aromatic rings. The fourth-order valence-electron chi connectivity index (χ4n) is 5.67. The minimum Gasteiger partial charge on any atom is -0.444 e. The summed E-state index contributed by atoms with van der Waals surface area (Å²) in [5.41, 5.74) is 2.76. The number of para-hydroxylation sites is 1. The number of H-pyrrole nitrogens is 1. The third-order valence-corrected chi connectivity index (χ3v) is 8.38. The molecule has 1 aliphatic carbocycles. The van der Waals surface area contributed by atoms with Crippen LogP contribution in [0.3, 0.4) is 0 Å². The largest absolute Gasteiger partial charge is 0.444 e. The van der Waals surface area contributed by atoms with Crippen LogP contribution in [0.15, 0.2) is 41.2 Å². The van der Waals surface area contributed by atoms with Crippen molar-refractivity contribution in [3.05, 3.63) is 62.6 Å². The maximum Gasteiger partial charge on any atom is 0.410 e. The average Bonchev–Trinajstić information content (AvgIpc) is 3.55. The molecule has 2 aliphatic rings. The Kier molecular flexibility index (Phi) is 7.41. The number of aryl methyl sites for hydroxylation is 1. The number of nitrogens with zero attached hydrogens (tertiary/aromatic N) is 5. The Morgan fingerprint density at radius 1 is 1.05 bits per heavy atom. The maximum absolute atomic E-state index is 13.5. The van der Waals surface area contributed by atoms with Crippen molar-refractivity contribution in [3.63, 3.8) is 0 Å². The first kappa shape index (κ1) is 28.5. The molecule has 1 fully saturated rings. The highest BCUT2D eigenvalue weighted by Crippen LogP contribution is 2.34. The van der Waals surface area contributed by atoms with Crippen LogP contribution >= 0.6 is 23.2 Å². The summed E-state index contributed by atoms with van der Waals surface area (Å²) in [5.74, 6) is 1.09. The van der Waals surface area contributed by atoms with Crippen LogP contribution in [0.2, 0.25) is 10.0 Å². The van der Waals surface area contributed by atoms with Gasteiger partial charge in [-0.2, -0.15) is 0 Å². The van der Waals surface area contributed by atoms with Crippen molar-refractivity contribution in [1.82, 2.24) is 29.3 Å². The Morgan fingerprint density at radius 2 is 1.74 bits per heavy atom. The zero-order chi connectivity index (χ0) is 29.8. The number of carbonyl (C=O) groups excluding carboxylic acids is 1. The molecule has 220 valence electrons. The van der Waals surface area contributed by atoms with Crippen LogP contribution in [0, 0.1) is 0 Å². The highest BCUT2D eigenvalue weighted by molar-refractivity contribution is 6.39. The van der Waals surface area contributed by atoms with Crippen molar-refractivity contribution in [2.24, 2.45) is 7.05 Å². The van der Waals surface area contributed by atoms with Crippen molar-refractivity contribution in [3.8, 4) is 0 Å². The van der Waals surface area contributed by atoms with Gasteiger partial charge in [0.1, 0.15) is 11.4 Å². The van der Waals surface area contributed by atoms with Crippen molar-refractivity contribution < 1.29 is 9.53 Å². The smallest absolute Gasteiger partial charge is 0.410 e. The number of rotatable bonds is 4. The predicted molar refractivity (Wildman–Crippen MR) is 167 cm³/mol. The fourth-order valence-corrected chi connectivity index (χ4v) is 6.16. The number of hydrogen-bond acceptors (Lipinski definition) is 7. The lowest BCUT2D eigenvalue weighted by molar-refractivity contribution is 0.0123. The van der Waals surface area contributed by atoms with Crippen LogP contribution in [-0.2, 0) is 11.8 Å². The average molecular weight is 611 g/mol. The standard InChI is InChI=1S/C30H33Cl2N7O3/c1-30(2,3)42-29(41)39-14-12-38(13-15-39)18-9-8-17(16-18)26-33-21-10-11-22-25(23(21)27(40)36-26)37(4)28(34-22)35-24-19(31)6-5-7-20(24)32/h5-7,10-11,16,18H,8-9,12-15H2,1-4H3,(H,34,35)(H,33,36,40). The first-order valence-electron chi connectivity index (χ1n) is 14.0. The van der Waals surface area contributed by atoms with E-state index in [4.69, 9.17) is 32.9 Å². The van der Waals surface area contributed by atoms with Gasteiger partial charge >= 0.3 is 6.09 Å². The highest BCUT2D eigenvalue weighted by Gasteiger charge is 2.30. The third-order valence-electron chi connectivity index (χ3n) is 7.75. The highest BCUT2D eigenvalue weighted by atomic mass is 35.5. The van der Waals surface area contributed by atoms with Crippen molar-refractivity contribution in [2.45, 2.75) is 45.3 Å². The van der Waals surface area contributed by atoms with E-state index in [0.29, 0.717) is 62.5 Å². The van der Waals surface area contributed by atoms with E-state index in [1.807, 2.05) is 44.5 Å². The topological polar surface area (TPSA) is 108 Å². The second kappa shape index (κ2) is 10.9. The lowest BCUT2D eigenvalue weighted by atomic mass is 10.1. The number of anilines is 2. The molecule has 10 nitrogen and oxygen atoms in total. The van der Waals surface area contributed by atoms with E-state index in [2.05, 4.69) is 26.3 Å². The Morgan fingerprint density at radius 3 is 2.43 bits per heavy atom. The number of amides is 1. The molecule has 6 rings (SSSR count). The zero-order valence-corrected chi connectivity index (χ0v) is 25.5. The molecule has 2 N–H and O–H groups in total. The molecule has 1 aliphatic heterocycles. The first-order valence-corrected chi connectivity index (χ1v) is 14.8. The van der Waals surface area contributed by atoms with E-state index in [0.717, 1.165) is 31.5 Å². The van der Waals surface area contributed by atoms with Crippen LogP contribution in [0.4, 0.5) is 16.4 Å². The molecule has 1 saturated heterocycles. The second-order valence-electron chi connectivity index (χ2n) is 11.8. The minimum absolute atomic E-state index is 0.221. The molecule has 42 heavy (non-hydrogen) atoms. The number of hydrogen-bond donors (Lipinski definition) is 2. The molecule has 1 amide bonds. The summed E-state index contributed by atoms with van der Waals surface area (Å²) in [4.78, 5) is 42.7. The number of piperazine rings is 1. The van der Waals surface area contributed by atoms with Gasteiger partial charge in [0.15, 0.2) is 0 Å². The number of ether oxygens (including phenoxy) is 1. The molecule has 12 heteroatoms. The summed E-state index contributed by atoms with van der Waals surface area (Å²) in [6.45, 7) is 8.42. The molecule has 3 heterocycles. The number of carbonyl (C=O) groups is 1. The molecule has 0 spiro atoms. The van der Waals surface area contributed by atoms with E-state index in [1.165, 1.54) is 0 Å². The summed E-state index contributed by atoms with van der Waals surface area (Å²) in [6, 6.07) is 9.19. The lowest BCUT2D eigenvalue weighted by Gasteiger charge is -2.37. The van der Waals surface area contributed by atoms with Crippen LogP contribution in [0.25, 0.3) is 27.5 Å². The zero-order valence-electron chi connectivity index (χ0n) is 24.0. The minimum atomic E-state index is -0.506. The normalized spacial score (nSPS) is 18.1. The maximum atomic E-state index is 13.5. The number of halogens is 2. The van der Waals surface area contributed by atoms with E-state index in [1.54, 1.807) is 23.1 Å². The van der Waals surface area contributed by atoms with Crippen LogP contribution < -0.4 is 10.9 Å². The molecule has 0 bridgehead atoms. The van der Waals surface area contributed by atoms with Gasteiger partial charge < -0.3 is 24.5 Å². The van der Waals surface area contributed by atoms with E-state index >= 15 is 0 Å². The molecule has 1 unspecified atom stereocenters. The van der Waals surface area contributed by atoms with E-state index < -0.39 is 5.60 Å². The molecule has 0 saturated carbocycles. The monoisotopic (exact) mass is 609 g/mol. The van der Waals surface area contributed by atoms with Crippen LogP contribution in [0.1, 0.15) is 39.4 Å². The Labute approximate surface area is 253 Å². The molecule has 0 radical (unpaired) electrons. The van der Waals surface area contributed by atoms with Gasteiger partial charge in [0.25, 0.3) is 5.56 Å². The number of fused-ring (bicyclic) bond motifs is 3. The van der Waals surface area contributed by atoms with Gasteiger partial charge in [-0.3, -0.25) is 9.69 Å². The van der Waals surface area contributed by atoms with Gasteiger partial charge in [-0.15, -0.1) is 0 Å². The van der Waals surface area contributed by atoms with Crippen LogP contribution in [0.5, 0.6) is 0 Å². The number of aromatic amines is 1. The summed E-state index contributed by atoms with van der Waals surface area (Å²) < 4.78 is 7.34. The van der Waals surface area contributed by atoms with E-state index in [9.17, 15) is 9.59 Å². The van der Waals surface area contributed by atoms with Crippen molar-refractivity contribution >= 4 is 68.4 Å². The van der Waals surface area contributed by atoms with Gasteiger partial charge in [0.05, 0.1) is 37.7 Å². The Bertz CT molecular complexity index is 1760. The molecule has 2 aromatic carbocycles. The lowest BCUT2D eigenvalue weighted by Crippen LogP contribution is -2.52. The van der Waals surface area contributed by atoms with Gasteiger partial charge in [-0.1, -0.05) is 35.3 Å². The summed E-state index contributed by atoms with van der Waals surface area (Å²) >= 11 is 12.7. The second-order valence-corrected chi connectivity index (χ2v) is 12.6. The van der Waals surface area contributed by atoms with Gasteiger partial charge in [0.2, 0.25) is 5.95 Å². The van der Waals surface area contributed by atoms with Gasteiger partial charge in [0, 0.05) is 39.3 Å². The summed E-state index contributed by atoms with van der Waals surface area (Å²) in [5, 5.41) is 4.61. The Balaban J connectivity index is 1.23. The number of allylic oxidation sites excluding steroid dienone is 1. The number of benzene rings is 2.